The minimum Gasteiger partial charge on any atom is -0.293 e. The van der Waals surface area contributed by atoms with E-state index >= 15 is 0 Å². The summed E-state index contributed by atoms with van der Waals surface area (Å²) in [5.74, 6) is 0. The average molecular weight is 234 g/mol. The van der Waals surface area contributed by atoms with Crippen LogP contribution in [0, 0.1) is 10.1 Å². The highest BCUT2D eigenvalue weighted by Gasteiger charge is 2.23. The first-order valence-corrected chi connectivity index (χ1v) is 5.07. The number of aromatic amines is 1. The van der Waals surface area contributed by atoms with E-state index in [1.54, 1.807) is 5.38 Å². The first kappa shape index (κ1) is 11.8. The fourth-order valence-corrected chi connectivity index (χ4v) is 1.26. The third-order valence-electron chi connectivity index (χ3n) is 1.43. The molecule has 0 unspecified atom stereocenters. The SMILES string of the molecule is O=[N+]([O-])C1OCCCO1.O=c1ccs[nH]1. The summed E-state index contributed by atoms with van der Waals surface area (Å²) in [6, 6.07) is 1.49. The molecule has 1 saturated heterocycles. The molecule has 0 aliphatic carbocycles. The standard InChI is InChI=1S/C4H7NO4.C3H3NOS/c6-5(7)4-8-2-1-3-9-4;5-3-1-2-6-4-3/h4H,1-3H2;1-2H,(H,4,5). The molecule has 1 aromatic heterocycles. The maximum atomic E-state index is 10.0. The number of nitro groups is 1. The van der Waals surface area contributed by atoms with Crippen molar-refractivity contribution in [1.29, 1.82) is 0 Å². The van der Waals surface area contributed by atoms with Gasteiger partial charge in [0.2, 0.25) is 0 Å². The van der Waals surface area contributed by atoms with Gasteiger partial charge in [-0.25, -0.2) is 0 Å². The van der Waals surface area contributed by atoms with Gasteiger partial charge in [0.1, 0.15) is 0 Å². The zero-order valence-electron chi connectivity index (χ0n) is 7.75. The molecule has 1 N–H and O–H groups in total. The molecule has 1 fully saturated rings. The van der Waals surface area contributed by atoms with Gasteiger partial charge in [0, 0.05) is 11.4 Å². The van der Waals surface area contributed by atoms with Crippen molar-refractivity contribution in [2.75, 3.05) is 13.2 Å². The van der Waals surface area contributed by atoms with Crippen LogP contribution in [0.1, 0.15) is 6.42 Å². The Morgan fingerprint density at radius 3 is 2.47 bits per heavy atom. The highest BCUT2D eigenvalue weighted by atomic mass is 32.1. The fourth-order valence-electron chi connectivity index (χ4n) is 0.819. The predicted molar refractivity (Wildman–Crippen MR) is 52.2 cm³/mol. The highest BCUT2D eigenvalue weighted by Crippen LogP contribution is 2.03. The zero-order valence-corrected chi connectivity index (χ0v) is 8.57. The van der Waals surface area contributed by atoms with E-state index in [-0.39, 0.29) is 5.56 Å². The molecule has 7 nitrogen and oxygen atoms in total. The summed E-state index contributed by atoms with van der Waals surface area (Å²) >= 11 is 1.30. The molecule has 2 heterocycles. The van der Waals surface area contributed by atoms with Crippen LogP contribution < -0.4 is 5.56 Å². The second kappa shape index (κ2) is 6.27. The molecule has 0 spiro atoms. The molecule has 0 radical (unpaired) electrons. The average Bonchev–Trinajstić information content (AvgIpc) is 2.71. The lowest BCUT2D eigenvalue weighted by Crippen LogP contribution is -2.31. The second-order valence-corrected chi connectivity index (χ2v) is 3.29. The van der Waals surface area contributed by atoms with Crippen molar-refractivity contribution in [1.82, 2.24) is 4.37 Å². The summed E-state index contributed by atoms with van der Waals surface area (Å²) in [7, 11) is 0. The van der Waals surface area contributed by atoms with Gasteiger partial charge in [0.15, 0.2) is 0 Å². The minimum atomic E-state index is -1.22. The largest absolute Gasteiger partial charge is 0.432 e. The van der Waals surface area contributed by atoms with Gasteiger partial charge >= 0.3 is 6.41 Å². The molecule has 1 aliphatic rings. The Hall–Kier alpha value is -1.25. The van der Waals surface area contributed by atoms with Crippen LogP contribution in [0.5, 0.6) is 0 Å². The van der Waals surface area contributed by atoms with E-state index in [1.807, 2.05) is 0 Å². The Kier molecular flexibility index (Phi) is 4.95. The highest BCUT2D eigenvalue weighted by molar-refractivity contribution is 7.03. The van der Waals surface area contributed by atoms with Crippen molar-refractivity contribution in [2.45, 2.75) is 12.8 Å². The van der Waals surface area contributed by atoms with Gasteiger partial charge in [-0.05, 0) is 6.42 Å². The lowest BCUT2D eigenvalue weighted by atomic mass is 10.5. The van der Waals surface area contributed by atoms with Gasteiger partial charge in [0.05, 0.1) is 18.1 Å². The Morgan fingerprint density at radius 1 is 1.53 bits per heavy atom. The monoisotopic (exact) mass is 234 g/mol. The Balaban J connectivity index is 0.000000162. The summed E-state index contributed by atoms with van der Waals surface area (Å²) in [6.45, 7) is 0.845. The second-order valence-electron chi connectivity index (χ2n) is 2.57. The molecule has 1 aromatic rings. The summed E-state index contributed by atoms with van der Waals surface area (Å²) in [4.78, 5) is 19.4. The number of nitrogens with one attached hydrogen (secondary N) is 1. The van der Waals surface area contributed by atoms with Crippen LogP contribution in [0.2, 0.25) is 0 Å². The van der Waals surface area contributed by atoms with E-state index in [0.29, 0.717) is 13.2 Å². The van der Waals surface area contributed by atoms with Crippen LogP contribution in [-0.2, 0) is 9.47 Å². The lowest BCUT2D eigenvalue weighted by molar-refractivity contribution is -0.639. The summed E-state index contributed by atoms with van der Waals surface area (Å²) in [5, 5.41) is 11.6. The molecule has 15 heavy (non-hydrogen) atoms. The maximum Gasteiger partial charge on any atom is 0.432 e. The molecule has 8 heteroatoms. The van der Waals surface area contributed by atoms with E-state index < -0.39 is 11.3 Å². The van der Waals surface area contributed by atoms with Crippen LogP contribution in [0.3, 0.4) is 0 Å². The third-order valence-corrected chi connectivity index (χ3v) is 2.02. The van der Waals surface area contributed by atoms with E-state index in [2.05, 4.69) is 13.8 Å². The minimum absolute atomic E-state index is 0.0139. The molecule has 0 atom stereocenters. The number of ether oxygens (including phenoxy) is 2. The summed E-state index contributed by atoms with van der Waals surface area (Å²) < 4.78 is 11.7. The number of aromatic nitrogens is 1. The van der Waals surface area contributed by atoms with Crippen molar-refractivity contribution in [3.8, 4) is 0 Å². The predicted octanol–water partition coefficient (Wildman–Crippen LogP) is 0.420. The molecular formula is C7H10N2O5S. The molecular weight excluding hydrogens is 224 g/mol. The van der Waals surface area contributed by atoms with Crippen LogP contribution in [-0.4, -0.2) is 28.9 Å². The van der Waals surface area contributed by atoms with Gasteiger partial charge in [-0.1, -0.05) is 11.5 Å². The molecule has 0 amide bonds. The number of rotatable bonds is 1. The quantitative estimate of drug-likeness (QED) is 0.561. The van der Waals surface area contributed by atoms with Crippen molar-refractivity contribution < 1.29 is 14.4 Å². The third kappa shape index (κ3) is 4.68. The van der Waals surface area contributed by atoms with Crippen molar-refractivity contribution >= 4 is 11.5 Å². The van der Waals surface area contributed by atoms with E-state index in [1.165, 1.54) is 17.6 Å². The van der Waals surface area contributed by atoms with Crippen LogP contribution in [0.25, 0.3) is 0 Å². The number of hydrogen-bond acceptors (Lipinski definition) is 6. The molecule has 0 aromatic carbocycles. The Morgan fingerprint density at radius 2 is 2.20 bits per heavy atom. The normalized spacial score (nSPS) is 16.5. The molecule has 2 rings (SSSR count). The molecule has 0 bridgehead atoms. The summed E-state index contributed by atoms with van der Waals surface area (Å²) in [5.41, 5.74) is -0.0139. The molecule has 1 aliphatic heterocycles. The molecule has 84 valence electrons. The zero-order chi connectivity index (χ0) is 11.1. The van der Waals surface area contributed by atoms with Gasteiger partial charge in [-0.2, -0.15) is 0 Å². The lowest BCUT2D eigenvalue weighted by Gasteiger charge is -2.14. The van der Waals surface area contributed by atoms with E-state index in [4.69, 9.17) is 0 Å². The van der Waals surface area contributed by atoms with Crippen molar-refractivity contribution in [3.63, 3.8) is 0 Å². The van der Waals surface area contributed by atoms with E-state index in [9.17, 15) is 14.9 Å². The number of nitrogens with zero attached hydrogens (tertiary/aromatic N) is 1. The van der Waals surface area contributed by atoms with Gasteiger partial charge < -0.3 is 0 Å². The fraction of sp³-hybridized carbons (Fsp3) is 0.571. The van der Waals surface area contributed by atoms with Gasteiger partial charge in [0.25, 0.3) is 5.56 Å². The topological polar surface area (TPSA) is 94.5 Å². The smallest absolute Gasteiger partial charge is 0.293 e. The van der Waals surface area contributed by atoms with Crippen molar-refractivity contribution in [2.24, 2.45) is 0 Å². The van der Waals surface area contributed by atoms with Crippen LogP contribution in [0.4, 0.5) is 0 Å². The maximum absolute atomic E-state index is 10.0. The van der Waals surface area contributed by atoms with Crippen LogP contribution >= 0.6 is 11.5 Å². The van der Waals surface area contributed by atoms with Gasteiger partial charge in [-0.3, -0.25) is 28.8 Å². The first-order valence-electron chi connectivity index (χ1n) is 4.19. The Bertz CT molecular complexity index is 326. The Labute approximate surface area is 88.9 Å². The van der Waals surface area contributed by atoms with Crippen LogP contribution in [0.15, 0.2) is 16.2 Å². The van der Waals surface area contributed by atoms with Gasteiger partial charge in [-0.15, -0.1) is 0 Å². The van der Waals surface area contributed by atoms with E-state index in [0.717, 1.165) is 6.42 Å². The van der Waals surface area contributed by atoms with Crippen molar-refractivity contribution in [3.05, 3.63) is 31.9 Å². The number of hydrogen-bond donors (Lipinski definition) is 1. The number of H-pyrrole nitrogens is 1. The molecule has 0 saturated carbocycles. The summed E-state index contributed by atoms with van der Waals surface area (Å²) in [6.07, 6.45) is -0.483. The first-order chi connectivity index (χ1) is 7.20.